The fourth-order valence-corrected chi connectivity index (χ4v) is 2.20. The van der Waals surface area contributed by atoms with E-state index in [1.165, 1.54) is 19.3 Å². The van der Waals surface area contributed by atoms with Gasteiger partial charge in [-0.1, -0.05) is 12.1 Å². The minimum absolute atomic E-state index is 0.241. The summed E-state index contributed by atoms with van der Waals surface area (Å²) in [6.45, 7) is 6.38. The summed E-state index contributed by atoms with van der Waals surface area (Å²) >= 11 is 0. The predicted molar refractivity (Wildman–Crippen MR) is 62.1 cm³/mol. The second-order valence-electron chi connectivity index (χ2n) is 5.45. The summed E-state index contributed by atoms with van der Waals surface area (Å²) in [6, 6.07) is 0. The van der Waals surface area contributed by atoms with Crippen LogP contribution in [0.4, 0.5) is 0 Å². The van der Waals surface area contributed by atoms with Crippen molar-refractivity contribution in [1.82, 2.24) is 15.5 Å². The molecule has 1 aliphatic carbocycles. The van der Waals surface area contributed by atoms with Gasteiger partial charge in [0.05, 0.1) is 5.54 Å². The van der Waals surface area contributed by atoms with Crippen LogP contribution in [0.1, 0.15) is 57.7 Å². The van der Waals surface area contributed by atoms with Gasteiger partial charge in [0.2, 0.25) is 5.89 Å². The molecule has 1 saturated carbocycles. The lowest BCUT2D eigenvalue weighted by Crippen LogP contribution is -2.33. The predicted octanol–water partition coefficient (Wildman–Crippen LogP) is 2.43. The topological polar surface area (TPSA) is 51.0 Å². The van der Waals surface area contributed by atoms with Crippen LogP contribution in [0.5, 0.6) is 0 Å². The van der Waals surface area contributed by atoms with Crippen molar-refractivity contribution in [2.75, 3.05) is 7.05 Å². The van der Waals surface area contributed by atoms with E-state index in [0.29, 0.717) is 11.8 Å². The highest BCUT2D eigenvalue weighted by Gasteiger charge is 2.30. The summed E-state index contributed by atoms with van der Waals surface area (Å²) in [5, 5.41) is 7.29. The molecule has 1 heterocycles. The SMILES string of the molecule is CNC(C)(C)c1nc(C2CCC(C)C2)no1. The van der Waals surface area contributed by atoms with Gasteiger partial charge in [0.15, 0.2) is 5.82 Å². The van der Waals surface area contributed by atoms with Crippen LogP contribution >= 0.6 is 0 Å². The Labute approximate surface area is 96.8 Å². The van der Waals surface area contributed by atoms with Crippen molar-refractivity contribution in [3.05, 3.63) is 11.7 Å². The lowest BCUT2D eigenvalue weighted by atomic mass is 10.0. The van der Waals surface area contributed by atoms with Crippen LogP contribution in [0, 0.1) is 5.92 Å². The molecule has 1 N–H and O–H groups in total. The Bertz CT molecular complexity index is 359. The van der Waals surface area contributed by atoms with E-state index < -0.39 is 0 Å². The number of hydrogen-bond donors (Lipinski definition) is 1. The van der Waals surface area contributed by atoms with Crippen molar-refractivity contribution in [3.8, 4) is 0 Å². The zero-order valence-electron chi connectivity index (χ0n) is 10.6. The van der Waals surface area contributed by atoms with Gasteiger partial charge in [-0.25, -0.2) is 0 Å². The molecule has 0 radical (unpaired) electrons. The van der Waals surface area contributed by atoms with Crippen molar-refractivity contribution in [2.24, 2.45) is 5.92 Å². The van der Waals surface area contributed by atoms with E-state index in [2.05, 4.69) is 22.4 Å². The monoisotopic (exact) mass is 223 g/mol. The number of rotatable bonds is 3. The summed E-state index contributed by atoms with van der Waals surface area (Å²) in [7, 11) is 1.90. The highest BCUT2D eigenvalue weighted by molar-refractivity contribution is 5.04. The molecule has 16 heavy (non-hydrogen) atoms. The lowest BCUT2D eigenvalue weighted by Gasteiger charge is -2.17. The third kappa shape index (κ3) is 2.12. The Morgan fingerprint density at radius 1 is 1.38 bits per heavy atom. The van der Waals surface area contributed by atoms with Crippen molar-refractivity contribution in [3.63, 3.8) is 0 Å². The zero-order valence-corrected chi connectivity index (χ0v) is 10.6. The fraction of sp³-hybridized carbons (Fsp3) is 0.833. The fourth-order valence-electron chi connectivity index (χ4n) is 2.20. The average Bonchev–Trinajstić information content (AvgIpc) is 2.85. The molecular formula is C12H21N3O. The van der Waals surface area contributed by atoms with Gasteiger partial charge in [-0.3, -0.25) is 0 Å². The van der Waals surface area contributed by atoms with E-state index in [9.17, 15) is 0 Å². The summed E-state index contributed by atoms with van der Waals surface area (Å²) < 4.78 is 5.34. The minimum Gasteiger partial charge on any atom is -0.337 e. The molecule has 1 aromatic heterocycles. The number of aromatic nitrogens is 2. The number of hydrogen-bond acceptors (Lipinski definition) is 4. The van der Waals surface area contributed by atoms with Gasteiger partial charge in [0.25, 0.3) is 0 Å². The van der Waals surface area contributed by atoms with Crippen LogP contribution in [0.2, 0.25) is 0 Å². The van der Waals surface area contributed by atoms with Gasteiger partial charge >= 0.3 is 0 Å². The van der Waals surface area contributed by atoms with Crippen LogP contribution in [-0.2, 0) is 5.54 Å². The summed E-state index contributed by atoms with van der Waals surface area (Å²) in [5.74, 6) is 2.87. The van der Waals surface area contributed by atoms with Gasteiger partial charge in [0, 0.05) is 5.92 Å². The van der Waals surface area contributed by atoms with Gasteiger partial charge in [-0.15, -0.1) is 0 Å². The van der Waals surface area contributed by atoms with Crippen LogP contribution < -0.4 is 5.32 Å². The molecule has 0 saturated heterocycles. The van der Waals surface area contributed by atoms with Gasteiger partial charge in [-0.05, 0) is 46.1 Å². The molecule has 2 unspecified atom stereocenters. The Morgan fingerprint density at radius 3 is 2.69 bits per heavy atom. The highest BCUT2D eigenvalue weighted by atomic mass is 16.5. The summed E-state index contributed by atoms with van der Waals surface area (Å²) in [6.07, 6.45) is 3.67. The molecule has 0 amide bonds. The Kier molecular flexibility index (Phi) is 3.02. The Hall–Kier alpha value is -0.900. The average molecular weight is 223 g/mol. The van der Waals surface area contributed by atoms with Crippen molar-refractivity contribution < 1.29 is 4.52 Å². The molecule has 0 aromatic carbocycles. The van der Waals surface area contributed by atoms with E-state index in [1.807, 2.05) is 20.9 Å². The molecule has 1 aliphatic rings. The van der Waals surface area contributed by atoms with E-state index in [1.54, 1.807) is 0 Å². The highest BCUT2D eigenvalue weighted by Crippen LogP contribution is 2.36. The van der Waals surface area contributed by atoms with Crippen LogP contribution in [0.3, 0.4) is 0 Å². The quantitative estimate of drug-likeness (QED) is 0.855. The molecule has 2 rings (SSSR count). The summed E-state index contributed by atoms with van der Waals surface area (Å²) in [4.78, 5) is 4.53. The molecule has 90 valence electrons. The molecule has 1 aromatic rings. The van der Waals surface area contributed by atoms with E-state index in [0.717, 1.165) is 11.7 Å². The third-order valence-electron chi connectivity index (χ3n) is 3.66. The first-order valence-electron chi connectivity index (χ1n) is 6.06. The first-order chi connectivity index (χ1) is 7.53. The maximum Gasteiger partial charge on any atom is 0.246 e. The van der Waals surface area contributed by atoms with Crippen molar-refractivity contribution in [2.45, 2.75) is 51.5 Å². The second kappa shape index (κ2) is 4.17. The molecular weight excluding hydrogens is 202 g/mol. The molecule has 0 spiro atoms. The number of nitrogens with one attached hydrogen (secondary N) is 1. The molecule has 4 heteroatoms. The minimum atomic E-state index is -0.241. The molecule has 0 bridgehead atoms. The Morgan fingerprint density at radius 2 is 2.12 bits per heavy atom. The van der Waals surface area contributed by atoms with Crippen molar-refractivity contribution >= 4 is 0 Å². The third-order valence-corrected chi connectivity index (χ3v) is 3.66. The lowest BCUT2D eigenvalue weighted by molar-refractivity contribution is 0.279. The maximum absolute atomic E-state index is 5.34. The first-order valence-corrected chi connectivity index (χ1v) is 6.06. The molecule has 0 aliphatic heterocycles. The van der Waals surface area contributed by atoms with Crippen molar-refractivity contribution in [1.29, 1.82) is 0 Å². The standard InChI is InChI=1S/C12H21N3O/c1-8-5-6-9(7-8)10-14-11(16-15-10)12(2,3)13-4/h8-9,13H,5-7H2,1-4H3. The Balaban J connectivity index is 2.14. The molecule has 1 fully saturated rings. The van der Waals surface area contributed by atoms with Gasteiger partial charge in [-0.2, -0.15) is 4.98 Å². The van der Waals surface area contributed by atoms with Crippen LogP contribution in [-0.4, -0.2) is 17.2 Å². The number of nitrogens with zero attached hydrogens (tertiary/aromatic N) is 2. The summed E-state index contributed by atoms with van der Waals surface area (Å²) in [5.41, 5.74) is -0.241. The second-order valence-corrected chi connectivity index (χ2v) is 5.45. The molecule has 4 nitrogen and oxygen atoms in total. The largest absolute Gasteiger partial charge is 0.337 e. The van der Waals surface area contributed by atoms with E-state index >= 15 is 0 Å². The first kappa shape index (κ1) is 11.6. The zero-order chi connectivity index (χ0) is 11.8. The molecule has 2 atom stereocenters. The normalized spacial score (nSPS) is 26.2. The van der Waals surface area contributed by atoms with E-state index in [-0.39, 0.29) is 5.54 Å². The van der Waals surface area contributed by atoms with Gasteiger partial charge < -0.3 is 9.84 Å². The van der Waals surface area contributed by atoms with E-state index in [4.69, 9.17) is 4.52 Å². The van der Waals surface area contributed by atoms with Crippen LogP contribution in [0.25, 0.3) is 0 Å². The van der Waals surface area contributed by atoms with Gasteiger partial charge in [0.1, 0.15) is 0 Å². The smallest absolute Gasteiger partial charge is 0.246 e. The maximum atomic E-state index is 5.34. The van der Waals surface area contributed by atoms with Crippen LogP contribution in [0.15, 0.2) is 4.52 Å².